The maximum Gasteiger partial charge on any atom is 0.251 e. The van der Waals surface area contributed by atoms with Gasteiger partial charge in [-0.25, -0.2) is 0 Å². The highest BCUT2D eigenvalue weighted by Crippen LogP contribution is 2.30. The lowest BCUT2D eigenvalue weighted by molar-refractivity contribution is 0.0952. The molecule has 0 aliphatic rings. The minimum Gasteiger partial charge on any atom is -0.361 e. The summed E-state index contributed by atoms with van der Waals surface area (Å²) in [6.45, 7) is 0.507. The van der Waals surface area contributed by atoms with Gasteiger partial charge in [0.25, 0.3) is 5.91 Å². The zero-order valence-corrected chi connectivity index (χ0v) is 15.4. The summed E-state index contributed by atoms with van der Waals surface area (Å²) >= 11 is 5.91. The zero-order chi connectivity index (χ0) is 18.6. The van der Waals surface area contributed by atoms with Crippen LogP contribution < -0.4 is 5.32 Å². The Bertz CT molecular complexity index is 1050. The second-order valence-electron chi connectivity index (χ2n) is 6.47. The monoisotopic (exact) mass is 374 g/mol. The van der Waals surface area contributed by atoms with E-state index in [0.29, 0.717) is 17.1 Å². The van der Waals surface area contributed by atoms with Crippen LogP contribution in [-0.4, -0.2) is 17.4 Å². The van der Waals surface area contributed by atoms with Crippen molar-refractivity contribution < 1.29 is 4.79 Å². The van der Waals surface area contributed by atoms with Gasteiger partial charge < -0.3 is 10.3 Å². The van der Waals surface area contributed by atoms with E-state index in [1.54, 1.807) is 24.3 Å². The van der Waals surface area contributed by atoms with Gasteiger partial charge in [0, 0.05) is 40.1 Å². The van der Waals surface area contributed by atoms with Gasteiger partial charge in [0.05, 0.1) is 0 Å². The summed E-state index contributed by atoms with van der Waals surface area (Å²) in [7, 11) is 0. The summed E-state index contributed by atoms with van der Waals surface area (Å²) in [5, 5.41) is 4.87. The molecule has 0 bridgehead atoms. The Morgan fingerprint density at radius 3 is 2.41 bits per heavy atom. The summed E-state index contributed by atoms with van der Waals surface area (Å²) in [6.07, 6.45) is 2.04. The smallest absolute Gasteiger partial charge is 0.251 e. The van der Waals surface area contributed by atoms with Crippen LogP contribution in [0.25, 0.3) is 10.9 Å². The first kappa shape index (κ1) is 17.4. The Balaban J connectivity index is 1.63. The van der Waals surface area contributed by atoms with Crippen LogP contribution in [0.3, 0.4) is 0 Å². The second-order valence-corrected chi connectivity index (χ2v) is 6.91. The summed E-state index contributed by atoms with van der Waals surface area (Å²) in [6, 6.07) is 25.4. The maximum absolute atomic E-state index is 12.6. The van der Waals surface area contributed by atoms with Crippen molar-refractivity contribution in [3.05, 3.63) is 107 Å². The van der Waals surface area contributed by atoms with E-state index in [-0.39, 0.29) is 11.8 Å². The largest absolute Gasteiger partial charge is 0.361 e. The molecule has 134 valence electrons. The number of nitrogens with one attached hydrogen (secondary N) is 2. The van der Waals surface area contributed by atoms with E-state index in [1.807, 2.05) is 36.5 Å². The van der Waals surface area contributed by atoms with Crippen LogP contribution in [0, 0.1) is 0 Å². The fraction of sp³-hybridized carbons (Fsp3) is 0.0870. The highest BCUT2D eigenvalue weighted by Gasteiger charge is 2.19. The van der Waals surface area contributed by atoms with Crippen LogP contribution >= 0.6 is 11.6 Å². The number of aromatic nitrogens is 1. The number of benzene rings is 3. The number of rotatable bonds is 5. The van der Waals surface area contributed by atoms with E-state index in [0.717, 1.165) is 5.52 Å². The fourth-order valence-corrected chi connectivity index (χ4v) is 3.50. The van der Waals surface area contributed by atoms with Gasteiger partial charge in [0.2, 0.25) is 0 Å². The van der Waals surface area contributed by atoms with Gasteiger partial charge in [0.15, 0.2) is 0 Å². The molecule has 1 atom stereocenters. The molecule has 1 heterocycles. The van der Waals surface area contributed by atoms with Gasteiger partial charge in [-0.15, -0.1) is 0 Å². The maximum atomic E-state index is 12.6. The number of carbonyl (C=O) groups excluding carboxylic acids is 1. The summed E-state index contributed by atoms with van der Waals surface area (Å²) in [5.74, 6) is -0.0500. The van der Waals surface area contributed by atoms with Crippen molar-refractivity contribution in [3.63, 3.8) is 0 Å². The van der Waals surface area contributed by atoms with Gasteiger partial charge in [-0.1, -0.05) is 60.1 Å². The van der Waals surface area contributed by atoms with Crippen LogP contribution in [0.5, 0.6) is 0 Å². The number of H-pyrrole nitrogens is 1. The van der Waals surface area contributed by atoms with Gasteiger partial charge in [-0.3, -0.25) is 4.79 Å². The number of aromatic amines is 1. The molecule has 1 aromatic heterocycles. The molecule has 27 heavy (non-hydrogen) atoms. The number of hydrogen-bond acceptors (Lipinski definition) is 1. The molecule has 4 aromatic rings. The van der Waals surface area contributed by atoms with Crippen molar-refractivity contribution in [2.45, 2.75) is 5.92 Å². The third kappa shape index (κ3) is 3.74. The molecular formula is C23H19ClN2O. The lowest BCUT2D eigenvalue weighted by Crippen LogP contribution is -2.28. The molecule has 3 aromatic carbocycles. The van der Waals surface area contributed by atoms with Crippen molar-refractivity contribution in [1.82, 2.24) is 10.3 Å². The summed E-state index contributed by atoms with van der Waals surface area (Å²) in [5.41, 5.74) is 4.04. The molecule has 0 aliphatic heterocycles. The number of amides is 1. The Hall–Kier alpha value is -3.04. The summed E-state index contributed by atoms with van der Waals surface area (Å²) < 4.78 is 0. The molecular weight excluding hydrogens is 356 g/mol. The third-order valence-electron chi connectivity index (χ3n) is 4.77. The number of halogens is 1. The first-order chi connectivity index (χ1) is 13.2. The van der Waals surface area contributed by atoms with Crippen molar-refractivity contribution in [2.75, 3.05) is 6.54 Å². The van der Waals surface area contributed by atoms with E-state index < -0.39 is 0 Å². The van der Waals surface area contributed by atoms with Crippen molar-refractivity contribution >= 4 is 28.4 Å². The van der Waals surface area contributed by atoms with Crippen LogP contribution in [0.1, 0.15) is 27.4 Å². The van der Waals surface area contributed by atoms with Gasteiger partial charge in [0.1, 0.15) is 0 Å². The molecule has 0 spiro atoms. The number of hydrogen-bond donors (Lipinski definition) is 2. The SMILES string of the molecule is O=C(NCC(c1ccccc1)c1c[nH]c2ccccc12)c1ccc(Cl)cc1. The Morgan fingerprint density at radius 1 is 0.926 bits per heavy atom. The molecule has 0 aliphatic carbocycles. The van der Waals surface area contributed by atoms with Crippen molar-refractivity contribution in [3.8, 4) is 0 Å². The minimum absolute atomic E-state index is 0.0543. The van der Waals surface area contributed by atoms with E-state index >= 15 is 0 Å². The molecule has 0 saturated carbocycles. The van der Waals surface area contributed by atoms with E-state index in [1.165, 1.54) is 16.5 Å². The van der Waals surface area contributed by atoms with Crippen LogP contribution in [-0.2, 0) is 0 Å². The molecule has 4 heteroatoms. The highest BCUT2D eigenvalue weighted by atomic mass is 35.5. The molecule has 0 saturated heterocycles. The number of fused-ring (bicyclic) bond motifs is 1. The lowest BCUT2D eigenvalue weighted by Gasteiger charge is -2.18. The van der Waals surface area contributed by atoms with Crippen LogP contribution in [0.4, 0.5) is 0 Å². The van der Waals surface area contributed by atoms with E-state index in [2.05, 4.69) is 34.6 Å². The van der Waals surface area contributed by atoms with Crippen molar-refractivity contribution in [1.29, 1.82) is 0 Å². The molecule has 1 unspecified atom stereocenters. The quantitative estimate of drug-likeness (QED) is 0.483. The molecule has 4 rings (SSSR count). The highest BCUT2D eigenvalue weighted by molar-refractivity contribution is 6.30. The number of carbonyl (C=O) groups is 1. The summed E-state index contributed by atoms with van der Waals surface area (Å²) in [4.78, 5) is 15.9. The zero-order valence-electron chi connectivity index (χ0n) is 14.7. The standard InChI is InChI=1S/C23H19ClN2O/c24-18-12-10-17(11-13-18)23(27)26-14-20(16-6-2-1-3-7-16)21-15-25-22-9-5-4-8-19(21)22/h1-13,15,20,25H,14H2,(H,26,27). The average Bonchev–Trinajstić information content (AvgIpc) is 3.13. The molecule has 2 N–H and O–H groups in total. The fourth-order valence-electron chi connectivity index (χ4n) is 3.37. The normalized spacial score (nSPS) is 12.0. The molecule has 1 amide bonds. The van der Waals surface area contributed by atoms with Gasteiger partial charge in [-0.05, 0) is 41.5 Å². The third-order valence-corrected chi connectivity index (χ3v) is 5.02. The van der Waals surface area contributed by atoms with Crippen molar-refractivity contribution in [2.24, 2.45) is 0 Å². The van der Waals surface area contributed by atoms with E-state index in [9.17, 15) is 4.79 Å². The second kappa shape index (κ2) is 7.68. The predicted octanol–water partition coefficient (Wildman–Crippen LogP) is 5.38. The minimum atomic E-state index is -0.104. The average molecular weight is 375 g/mol. The first-order valence-electron chi connectivity index (χ1n) is 8.87. The first-order valence-corrected chi connectivity index (χ1v) is 9.25. The van der Waals surface area contributed by atoms with Gasteiger partial charge >= 0.3 is 0 Å². The Morgan fingerprint density at radius 2 is 1.63 bits per heavy atom. The van der Waals surface area contributed by atoms with Gasteiger partial charge in [-0.2, -0.15) is 0 Å². The van der Waals surface area contributed by atoms with Crippen LogP contribution in [0.15, 0.2) is 85.1 Å². The molecule has 0 radical (unpaired) electrons. The lowest BCUT2D eigenvalue weighted by atomic mass is 9.91. The van der Waals surface area contributed by atoms with Crippen LogP contribution in [0.2, 0.25) is 5.02 Å². The predicted molar refractivity (Wildman–Crippen MR) is 110 cm³/mol. The number of para-hydroxylation sites is 1. The topological polar surface area (TPSA) is 44.9 Å². The Kier molecular flexibility index (Phi) is 4.95. The molecule has 0 fully saturated rings. The van der Waals surface area contributed by atoms with E-state index in [4.69, 9.17) is 11.6 Å². The molecule has 3 nitrogen and oxygen atoms in total. The Labute approximate surface area is 163 Å².